The van der Waals surface area contributed by atoms with Gasteiger partial charge in [0, 0.05) is 70.0 Å². The summed E-state index contributed by atoms with van der Waals surface area (Å²) in [5, 5.41) is 26.7. The van der Waals surface area contributed by atoms with Crippen molar-refractivity contribution in [2.45, 2.75) is 87.6 Å². The van der Waals surface area contributed by atoms with Gasteiger partial charge in [-0.25, -0.2) is 4.79 Å². The van der Waals surface area contributed by atoms with Crippen LogP contribution in [0.5, 0.6) is 28.7 Å². The number of carbonyl (C=O) groups excluding carboxylic acids is 2. The van der Waals surface area contributed by atoms with E-state index in [1.165, 1.54) is 6.92 Å². The van der Waals surface area contributed by atoms with Crippen molar-refractivity contribution in [3.8, 4) is 28.7 Å². The zero-order valence-electron chi connectivity index (χ0n) is 32.1. The molecular weight excluding hydrogens is 739 g/mol. The van der Waals surface area contributed by atoms with Gasteiger partial charge in [0.25, 0.3) is 0 Å². The molecule has 7 aliphatic heterocycles. The Bertz CT molecular complexity index is 2350. The number of likely N-dealkylation sites (N-methyl/N-ethyl adjacent to an activating group) is 1. The fourth-order valence-corrected chi connectivity index (χ4v) is 12.6. The normalized spacial score (nSPS) is 30.3. The molecule has 0 amide bonds. The van der Waals surface area contributed by atoms with Crippen molar-refractivity contribution in [1.82, 2.24) is 15.1 Å². The lowest BCUT2D eigenvalue weighted by Gasteiger charge is -2.63. The summed E-state index contributed by atoms with van der Waals surface area (Å²) < 4.78 is 37.5. The number of phenolic OH excluding ortho intramolecular Hbond substituents is 1. The largest absolute Gasteiger partial charge is 0.504 e. The Labute approximate surface area is 328 Å². The Morgan fingerprint density at radius 2 is 1.88 bits per heavy atom. The molecule has 0 radical (unpaired) electrons. The van der Waals surface area contributed by atoms with Crippen LogP contribution in [0.3, 0.4) is 0 Å². The van der Waals surface area contributed by atoms with Crippen molar-refractivity contribution < 1.29 is 47.9 Å². The number of nitrogens with one attached hydrogen (secondary N) is 1. The van der Waals surface area contributed by atoms with Gasteiger partial charge in [-0.2, -0.15) is 0 Å². The van der Waals surface area contributed by atoms with E-state index in [0.717, 1.165) is 38.8 Å². The molecule has 2 fully saturated rings. The number of piperazine rings is 1. The molecule has 0 aliphatic carbocycles. The molecule has 1 aromatic heterocycles. The second kappa shape index (κ2) is 12.8. The van der Waals surface area contributed by atoms with Crippen molar-refractivity contribution in [3.63, 3.8) is 0 Å². The number of aryl methyl sites for hydroxylation is 1. The van der Waals surface area contributed by atoms with E-state index in [1.807, 2.05) is 38.1 Å². The van der Waals surface area contributed by atoms with Crippen LogP contribution in [-0.2, 0) is 32.7 Å². The molecule has 4 bridgehead atoms. The number of rotatable bonds is 3. The number of carbonyl (C=O) groups is 2. The molecule has 3 N–H and O–H groups in total. The van der Waals surface area contributed by atoms with Gasteiger partial charge in [-0.15, -0.1) is 11.8 Å². The summed E-state index contributed by atoms with van der Waals surface area (Å²) in [6.45, 7) is 7.16. The van der Waals surface area contributed by atoms with Gasteiger partial charge in [-0.3, -0.25) is 19.9 Å². The maximum Gasteiger partial charge on any atom is 0.335 e. The first-order chi connectivity index (χ1) is 27.0. The minimum Gasteiger partial charge on any atom is -0.504 e. The first-order valence-electron chi connectivity index (χ1n) is 19.2. The average Bonchev–Trinajstić information content (AvgIpc) is 3.82. The van der Waals surface area contributed by atoms with Crippen molar-refractivity contribution >= 4 is 34.7 Å². The molecule has 2 saturated heterocycles. The van der Waals surface area contributed by atoms with Crippen molar-refractivity contribution in [2.24, 2.45) is 0 Å². The number of esters is 2. The third kappa shape index (κ3) is 4.76. The maximum atomic E-state index is 15.0. The number of aliphatic hydroxyl groups is 1. The summed E-state index contributed by atoms with van der Waals surface area (Å²) in [4.78, 5) is 32.8. The van der Waals surface area contributed by atoms with Gasteiger partial charge < -0.3 is 38.3 Å². The van der Waals surface area contributed by atoms with Crippen molar-refractivity contribution in [2.75, 3.05) is 39.9 Å². The van der Waals surface area contributed by atoms with Gasteiger partial charge in [-0.05, 0) is 57.9 Å². The lowest BCUT2D eigenvalue weighted by Crippen LogP contribution is -2.69. The zero-order chi connectivity index (χ0) is 38.9. The van der Waals surface area contributed by atoms with Crippen LogP contribution in [0.2, 0.25) is 0 Å². The second-order valence-electron chi connectivity index (χ2n) is 16.0. The van der Waals surface area contributed by atoms with Crippen LogP contribution in [-0.4, -0.2) is 96.0 Å². The highest BCUT2D eigenvalue weighted by Gasteiger charge is 2.61. The number of phenols is 1. The Hall–Kier alpha value is -4.47. The number of nitrogens with zero attached hydrogens (tertiary/aromatic N) is 2. The quantitative estimate of drug-likeness (QED) is 0.191. The maximum absolute atomic E-state index is 15.0. The molecule has 56 heavy (non-hydrogen) atoms. The molecule has 294 valence electrons. The number of benzene rings is 3. The third-order valence-electron chi connectivity index (χ3n) is 13.2. The van der Waals surface area contributed by atoms with Crippen molar-refractivity contribution in [3.05, 3.63) is 75.0 Å². The van der Waals surface area contributed by atoms with Crippen LogP contribution >= 0.6 is 11.8 Å². The van der Waals surface area contributed by atoms with E-state index in [-0.39, 0.29) is 55.7 Å². The van der Waals surface area contributed by atoms with Gasteiger partial charge in [-0.1, -0.05) is 24.3 Å². The summed E-state index contributed by atoms with van der Waals surface area (Å²) >= 11 is 1.55. The lowest BCUT2D eigenvalue weighted by atomic mass is 9.71. The molecule has 0 unspecified atom stereocenters. The summed E-state index contributed by atoms with van der Waals surface area (Å²) in [6, 6.07) is 8.12. The van der Waals surface area contributed by atoms with Gasteiger partial charge in [0.05, 0.1) is 31.1 Å². The van der Waals surface area contributed by atoms with E-state index >= 15 is 0 Å². The number of hydrogen-bond acceptors (Lipinski definition) is 14. The number of ether oxygens (including phenoxy) is 5. The van der Waals surface area contributed by atoms with E-state index in [0.29, 0.717) is 52.7 Å². The monoisotopic (exact) mass is 783 g/mol. The smallest absolute Gasteiger partial charge is 0.335 e. The third-order valence-corrected chi connectivity index (χ3v) is 14.6. The van der Waals surface area contributed by atoms with Gasteiger partial charge in [0.15, 0.2) is 28.5 Å². The van der Waals surface area contributed by atoms with Crippen LogP contribution in [0.25, 0.3) is 11.0 Å². The average molecular weight is 784 g/mol. The molecule has 8 heterocycles. The summed E-state index contributed by atoms with van der Waals surface area (Å²) in [5.74, 6) is 1.65. The fourth-order valence-electron chi connectivity index (χ4n) is 10.9. The summed E-state index contributed by atoms with van der Waals surface area (Å²) in [7, 11) is 3.69. The molecule has 13 nitrogen and oxygen atoms in total. The SMILES string of the molecule is COc1c(C)cc2c(c1O)[C@@H]1[C@@H]3[C@@H]4SC[C@]5(N[C@H](CO)Cc6c5oc5ccccc65)C(=O)OC[C@@H](c5c6c(c(C)c(OC(C)=O)c54)OCO6)N3[C@@H](C)[C@@H](C2)N1C. The Morgan fingerprint density at radius 3 is 2.64 bits per heavy atom. The molecule has 3 aromatic carbocycles. The second-order valence-corrected chi connectivity index (χ2v) is 17.2. The Morgan fingerprint density at radius 1 is 1.09 bits per heavy atom. The summed E-state index contributed by atoms with van der Waals surface area (Å²) in [5.41, 5.74) is 4.95. The number of fused-ring (bicyclic) bond motifs is 11. The zero-order valence-corrected chi connectivity index (χ0v) is 33.0. The predicted molar refractivity (Wildman–Crippen MR) is 206 cm³/mol. The van der Waals surface area contributed by atoms with Crippen LogP contribution < -0.4 is 24.3 Å². The van der Waals surface area contributed by atoms with Crippen LogP contribution in [0.1, 0.15) is 75.9 Å². The highest BCUT2D eigenvalue weighted by atomic mass is 32.2. The number of para-hydroxylation sites is 1. The van der Waals surface area contributed by atoms with Crippen LogP contribution in [0, 0.1) is 13.8 Å². The molecule has 8 atom stereocenters. The number of hydrogen-bond donors (Lipinski definition) is 3. The predicted octanol–water partition coefficient (Wildman–Crippen LogP) is 4.88. The van der Waals surface area contributed by atoms with E-state index in [4.69, 9.17) is 28.1 Å². The van der Waals surface area contributed by atoms with Crippen LogP contribution in [0.15, 0.2) is 34.7 Å². The van der Waals surface area contributed by atoms with Crippen molar-refractivity contribution in [1.29, 1.82) is 0 Å². The minimum absolute atomic E-state index is 0.00573. The van der Waals surface area contributed by atoms with E-state index in [9.17, 15) is 19.8 Å². The number of methoxy groups -OCH3 is 1. The van der Waals surface area contributed by atoms with Gasteiger partial charge in [0.1, 0.15) is 23.7 Å². The highest BCUT2D eigenvalue weighted by Crippen LogP contribution is 2.64. The highest BCUT2D eigenvalue weighted by molar-refractivity contribution is 7.99. The lowest BCUT2D eigenvalue weighted by molar-refractivity contribution is -0.159. The molecule has 11 rings (SSSR count). The molecule has 14 heteroatoms. The Kier molecular flexibility index (Phi) is 8.19. The first-order valence-corrected chi connectivity index (χ1v) is 20.2. The van der Waals surface area contributed by atoms with Gasteiger partial charge in [0.2, 0.25) is 6.79 Å². The van der Waals surface area contributed by atoms with E-state index in [2.05, 4.69) is 35.2 Å². The topological polar surface area (TPSA) is 152 Å². The Balaban J connectivity index is 1.25. The number of aliphatic hydroxyl groups excluding tert-OH is 1. The number of thioether (sulfide) groups is 1. The van der Waals surface area contributed by atoms with Crippen LogP contribution in [0.4, 0.5) is 0 Å². The number of furan rings is 1. The molecular formula is C42H45N3O10S. The number of aromatic hydroxyl groups is 1. The summed E-state index contributed by atoms with van der Waals surface area (Å²) in [6.07, 6.45) is 1.16. The molecule has 4 aromatic rings. The standard InChI is InChI=1S/C42H45N3O10S/c1-18-11-22-12-26-20(3)45-27-15-51-41(49)42(40-25(13-23(14-46)43-42)24-9-7-8-10-28(24)55-40)16-56-39(33(45)32(44(26)5)29(22)34(48)35(18)50-6)31-30(27)38-37(52-17-53-38)19(2)36(31)54-21(4)47/h7-11,20,23,26-27,32-33,39,43,46,48H,12-17H2,1-6H3/t20-,23-,26+,27-,32+,33+,39+,42+/m0/s1. The molecule has 0 saturated carbocycles. The molecule has 7 aliphatic rings. The molecule has 1 spiro atoms. The first kappa shape index (κ1) is 35.9. The van der Waals surface area contributed by atoms with E-state index < -0.39 is 34.8 Å². The minimum atomic E-state index is -1.47. The van der Waals surface area contributed by atoms with Gasteiger partial charge >= 0.3 is 11.9 Å². The fraction of sp³-hybridized carbons (Fsp3) is 0.476. The van der Waals surface area contributed by atoms with E-state index in [1.54, 1.807) is 18.9 Å².